The number of aromatic amines is 1. The predicted molar refractivity (Wildman–Crippen MR) is 106 cm³/mol. The molecule has 0 unspecified atom stereocenters. The molecule has 3 aromatic rings. The Morgan fingerprint density at radius 2 is 2.13 bits per heavy atom. The van der Waals surface area contributed by atoms with E-state index in [0.717, 1.165) is 6.42 Å². The first-order chi connectivity index (χ1) is 14.5. The van der Waals surface area contributed by atoms with E-state index in [9.17, 15) is 4.79 Å². The molecule has 0 saturated carbocycles. The van der Waals surface area contributed by atoms with Crippen LogP contribution in [0.4, 0.5) is 0 Å². The van der Waals surface area contributed by atoms with Gasteiger partial charge in [-0.25, -0.2) is 4.98 Å². The van der Waals surface area contributed by atoms with Gasteiger partial charge in [0.1, 0.15) is 12.4 Å². The monoisotopic (exact) mass is 432 g/mol. The molecule has 10 nitrogen and oxygen atoms in total. The number of amides is 1. The number of rotatable bonds is 6. The highest BCUT2D eigenvalue weighted by atomic mass is 35.5. The number of carbonyl (C=O) groups is 1. The Labute approximate surface area is 177 Å². The van der Waals surface area contributed by atoms with Crippen LogP contribution in [-0.4, -0.2) is 44.4 Å². The number of carbonyl (C=O) groups excluding carboxylic acids is 1. The highest BCUT2D eigenvalue weighted by Gasteiger charge is 2.25. The summed E-state index contributed by atoms with van der Waals surface area (Å²) in [5, 5.41) is 13.7. The fraction of sp³-hybridized carbons (Fsp3) is 0.421. The fourth-order valence-corrected chi connectivity index (χ4v) is 3.35. The van der Waals surface area contributed by atoms with E-state index in [1.54, 1.807) is 12.1 Å². The van der Waals surface area contributed by atoms with Crippen LogP contribution >= 0.6 is 11.6 Å². The minimum absolute atomic E-state index is 0.267. The van der Waals surface area contributed by atoms with Gasteiger partial charge in [-0.05, 0) is 24.5 Å². The topological polar surface area (TPSA) is 128 Å². The lowest BCUT2D eigenvalue weighted by Crippen LogP contribution is -2.30. The third-order valence-electron chi connectivity index (χ3n) is 4.44. The second-order valence-electron chi connectivity index (χ2n) is 7.28. The summed E-state index contributed by atoms with van der Waals surface area (Å²) in [6, 6.07) is 2.70. The molecule has 1 aliphatic rings. The number of ether oxygens (including phenoxy) is 2. The quantitative estimate of drug-likeness (QED) is 0.607. The Kier molecular flexibility index (Phi) is 5.84. The van der Waals surface area contributed by atoms with Crippen molar-refractivity contribution < 1.29 is 18.8 Å². The summed E-state index contributed by atoms with van der Waals surface area (Å²) < 4.78 is 16.7. The maximum atomic E-state index is 13.0. The minimum Gasteiger partial charge on any atom is -0.489 e. The zero-order chi connectivity index (χ0) is 21.1. The van der Waals surface area contributed by atoms with Crippen molar-refractivity contribution in [2.24, 2.45) is 5.92 Å². The van der Waals surface area contributed by atoms with Crippen LogP contribution in [-0.2, 0) is 0 Å². The molecule has 158 valence electrons. The lowest BCUT2D eigenvalue weighted by molar-refractivity contribution is 0.0921. The summed E-state index contributed by atoms with van der Waals surface area (Å²) in [5.41, 5.74) is 0.355. The zero-order valence-corrected chi connectivity index (χ0v) is 17.3. The lowest BCUT2D eigenvalue weighted by atomic mass is 10.0. The van der Waals surface area contributed by atoms with Gasteiger partial charge in [0.25, 0.3) is 5.91 Å². The van der Waals surface area contributed by atoms with Crippen LogP contribution in [0.5, 0.6) is 11.5 Å². The van der Waals surface area contributed by atoms with Gasteiger partial charge in [-0.3, -0.25) is 9.89 Å². The van der Waals surface area contributed by atoms with E-state index in [4.69, 9.17) is 25.6 Å². The summed E-state index contributed by atoms with van der Waals surface area (Å²) in [7, 11) is 0. The first kappa shape index (κ1) is 20.1. The van der Waals surface area contributed by atoms with Crippen LogP contribution in [0.1, 0.15) is 49.0 Å². The molecule has 2 aromatic heterocycles. The van der Waals surface area contributed by atoms with Crippen LogP contribution in [0, 0.1) is 5.92 Å². The third-order valence-corrected chi connectivity index (χ3v) is 4.72. The van der Waals surface area contributed by atoms with Crippen LogP contribution < -0.4 is 14.8 Å². The molecule has 1 aromatic carbocycles. The Hall–Kier alpha value is -3.14. The first-order valence-electron chi connectivity index (χ1n) is 9.60. The van der Waals surface area contributed by atoms with Crippen molar-refractivity contribution in [2.45, 2.75) is 32.7 Å². The molecule has 0 spiro atoms. The number of hydrogen-bond acceptors (Lipinski definition) is 8. The number of aromatic nitrogens is 5. The average Bonchev–Trinajstić information content (AvgIpc) is 3.35. The summed E-state index contributed by atoms with van der Waals surface area (Å²) in [6.07, 6.45) is 2.70. The van der Waals surface area contributed by atoms with E-state index in [0.29, 0.717) is 47.5 Å². The molecule has 0 fully saturated rings. The molecule has 0 aliphatic carbocycles. The first-order valence-corrected chi connectivity index (χ1v) is 9.98. The number of hydrogen-bond donors (Lipinski definition) is 2. The van der Waals surface area contributed by atoms with Crippen molar-refractivity contribution in [3.05, 3.63) is 34.9 Å². The molecule has 0 saturated heterocycles. The van der Waals surface area contributed by atoms with Crippen molar-refractivity contribution in [1.29, 1.82) is 0 Å². The predicted octanol–water partition coefficient (Wildman–Crippen LogP) is 3.19. The molecule has 2 N–H and O–H groups in total. The van der Waals surface area contributed by atoms with Crippen LogP contribution in [0.25, 0.3) is 11.6 Å². The largest absolute Gasteiger partial charge is 0.489 e. The molecule has 3 heterocycles. The van der Waals surface area contributed by atoms with Gasteiger partial charge >= 0.3 is 0 Å². The van der Waals surface area contributed by atoms with Crippen molar-refractivity contribution in [1.82, 2.24) is 30.6 Å². The van der Waals surface area contributed by atoms with E-state index in [2.05, 4.69) is 30.6 Å². The van der Waals surface area contributed by atoms with Crippen molar-refractivity contribution in [2.75, 3.05) is 13.2 Å². The summed E-state index contributed by atoms with van der Waals surface area (Å²) in [4.78, 5) is 21.3. The number of benzene rings is 1. The number of halogens is 1. The second kappa shape index (κ2) is 8.70. The van der Waals surface area contributed by atoms with Gasteiger partial charge in [0, 0.05) is 12.0 Å². The van der Waals surface area contributed by atoms with Gasteiger partial charge in [0.05, 0.1) is 18.2 Å². The Morgan fingerprint density at radius 1 is 1.30 bits per heavy atom. The molecule has 0 radical (unpaired) electrons. The Morgan fingerprint density at radius 3 is 2.90 bits per heavy atom. The van der Waals surface area contributed by atoms with E-state index in [1.807, 2.05) is 13.8 Å². The third kappa shape index (κ3) is 4.38. The second-order valence-corrected chi connectivity index (χ2v) is 7.69. The molecular weight excluding hydrogens is 412 g/mol. The van der Waals surface area contributed by atoms with E-state index >= 15 is 0 Å². The number of nitrogens with zero attached hydrogens (tertiary/aromatic N) is 4. The molecular formula is C19H21ClN6O4. The highest BCUT2D eigenvalue weighted by Crippen LogP contribution is 2.38. The normalized spacial score (nSPS) is 14.4. The smallest absolute Gasteiger partial charge is 0.252 e. The van der Waals surface area contributed by atoms with Gasteiger partial charge in [0.15, 0.2) is 17.3 Å². The number of H-pyrrole nitrogens is 1. The molecule has 0 bridgehead atoms. The van der Waals surface area contributed by atoms with Crippen LogP contribution in [0.15, 0.2) is 23.0 Å². The lowest BCUT2D eigenvalue weighted by Gasteiger charge is -2.18. The molecule has 1 amide bonds. The summed E-state index contributed by atoms with van der Waals surface area (Å²) in [5.74, 6) is 1.78. The van der Waals surface area contributed by atoms with Gasteiger partial charge in [-0.2, -0.15) is 10.1 Å². The van der Waals surface area contributed by atoms with Crippen LogP contribution in [0.3, 0.4) is 0 Å². The van der Waals surface area contributed by atoms with Gasteiger partial charge in [-0.15, -0.1) is 0 Å². The SMILES string of the molecule is CC(C)C[C@H](NC(=O)c1cc(Cl)c2c(c1)OCCCO2)c1nc(-c2ncn[nH]2)no1. The van der Waals surface area contributed by atoms with Gasteiger partial charge in [0.2, 0.25) is 11.7 Å². The highest BCUT2D eigenvalue weighted by molar-refractivity contribution is 6.32. The standard InChI is InChI=1S/C19H21ClN6O4/c1-10(2)6-13(19-24-17(26-30-19)16-21-9-22-25-16)23-18(27)11-7-12(20)15-14(8-11)28-4-3-5-29-15/h7-10,13H,3-6H2,1-2H3,(H,23,27)(H,21,22,25)/t13-/m0/s1. The van der Waals surface area contributed by atoms with Crippen LogP contribution in [0.2, 0.25) is 5.02 Å². The summed E-state index contributed by atoms with van der Waals surface area (Å²) >= 11 is 6.32. The molecule has 30 heavy (non-hydrogen) atoms. The summed E-state index contributed by atoms with van der Waals surface area (Å²) in [6.45, 7) is 5.09. The Bertz CT molecular complexity index is 1020. The molecule has 11 heteroatoms. The molecule has 1 atom stereocenters. The number of nitrogens with one attached hydrogen (secondary N) is 2. The zero-order valence-electron chi connectivity index (χ0n) is 16.5. The maximum Gasteiger partial charge on any atom is 0.252 e. The molecule has 1 aliphatic heterocycles. The fourth-order valence-electron chi connectivity index (χ4n) is 3.08. The van der Waals surface area contributed by atoms with E-state index in [-0.39, 0.29) is 23.5 Å². The molecule has 4 rings (SSSR count). The van der Waals surface area contributed by atoms with Gasteiger partial charge < -0.3 is 19.3 Å². The van der Waals surface area contributed by atoms with Crippen molar-refractivity contribution in [3.8, 4) is 23.1 Å². The van der Waals surface area contributed by atoms with E-state index < -0.39 is 6.04 Å². The maximum absolute atomic E-state index is 13.0. The van der Waals surface area contributed by atoms with Crippen molar-refractivity contribution in [3.63, 3.8) is 0 Å². The number of fused-ring (bicyclic) bond motifs is 1. The average molecular weight is 433 g/mol. The van der Waals surface area contributed by atoms with E-state index in [1.165, 1.54) is 6.33 Å². The Balaban J connectivity index is 1.57. The van der Waals surface area contributed by atoms with Gasteiger partial charge in [-0.1, -0.05) is 30.6 Å². The van der Waals surface area contributed by atoms with Crippen molar-refractivity contribution >= 4 is 17.5 Å². The minimum atomic E-state index is -0.489.